The van der Waals surface area contributed by atoms with Crippen LogP contribution in [0.1, 0.15) is 17.0 Å². The van der Waals surface area contributed by atoms with Crippen LogP contribution in [0.4, 0.5) is 5.69 Å². The lowest BCUT2D eigenvalue weighted by Crippen LogP contribution is -2.32. The van der Waals surface area contributed by atoms with Crippen LogP contribution >= 0.6 is 12.2 Å². The highest BCUT2D eigenvalue weighted by Gasteiger charge is 2.15. The smallest absolute Gasteiger partial charge is 0.170 e. The Balaban J connectivity index is 1.73. The van der Waals surface area contributed by atoms with Crippen LogP contribution in [0.25, 0.3) is 0 Å². The van der Waals surface area contributed by atoms with Gasteiger partial charge >= 0.3 is 0 Å². The van der Waals surface area contributed by atoms with Crippen molar-refractivity contribution < 1.29 is 9.47 Å². The van der Waals surface area contributed by atoms with Gasteiger partial charge in [0.25, 0.3) is 0 Å². The normalized spacial score (nSPS) is 10.4. The molecule has 5 heteroatoms. The first-order chi connectivity index (χ1) is 13.7. The van der Waals surface area contributed by atoms with Crippen molar-refractivity contribution in [2.24, 2.45) is 0 Å². The fraction of sp³-hybridized carbons (Fsp3) is 0.174. The third-order valence-electron chi connectivity index (χ3n) is 4.53. The number of benzene rings is 3. The minimum absolute atomic E-state index is 0.189. The molecule has 4 nitrogen and oxygen atoms in total. The van der Waals surface area contributed by atoms with Crippen molar-refractivity contribution in [2.75, 3.05) is 26.1 Å². The summed E-state index contributed by atoms with van der Waals surface area (Å²) >= 11 is 5.52. The van der Waals surface area contributed by atoms with Crippen LogP contribution < -0.4 is 20.1 Å². The molecule has 0 aliphatic heterocycles. The largest absolute Gasteiger partial charge is 0.497 e. The first-order valence-corrected chi connectivity index (χ1v) is 9.49. The van der Waals surface area contributed by atoms with Gasteiger partial charge in [-0.1, -0.05) is 60.7 Å². The molecule has 0 fully saturated rings. The van der Waals surface area contributed by atoms with Crippen molar-refractivity contribution >= 4 is 23.0 Å². The summed E-state index contributed by atoms with van der Waals surface area (Å²) < 4.78 is 10.7. The zero-order valence-electron chi connectivity index (χ0n) is 16.0. The van der Waals surface area contributed by atoms with Gasteiger partial charge in [-0.3, -0.25) is 0 Å². The minimum Gasteiger partial charge on any atom is -0.497 e. The van der Waals surface area contributed by atoms with Crippen LogP contribution in [0.15, 0.2) is 78.9 Å². The number of nitrogens with one attached hydrogen (secondary N) is 2. The molecule has 0 unspecified atom stereocenters. The van der Waals surface area contributed by atoms with E-state index in [1.807, 2.05) is 30.3 Å². The van der Waals surface area contributed by atoms with Crippen LogP contribution in [-0.4, -0.2) is 25.9 Å². The summed E-state index contributed by atoms with van der Waals surface area (Å²) in [5.74, 6) is 1.62. The Hall–Kier alpha value is -3.05. The molecule has 0 aromatic heterocycles. The highest BCUT2D eigenvalue weighted by molar-refractivity contribution is 7.80. The molecule has 0 aliphatic carbocycles. The summed E-state index contributed by atoms with van der Waals surface area (Å²) in [4.78, 5) is 0. The summed E-state index contributed by atoms with van der Waals surface area (Å²) in [7, 11) is 3.26. The number of anilines is 1. The quantitative estimate of drug-likeness (QED) is 0.564. The Morgan fingerprint density at radius 1 is 0.857 bits per heavy atom. The average Bonchev–Trinajstić information content (AvgIpc) is 2.75. The highest BCUT2D eigenvalue weighted by Crippen LogP contribution is 2.29. The lowest BCUT2D eigenvalue weighted by molar-refractivity contribution is 0.405. The predicted molar refractivity (Wildman–Crippen MR) is 118 cm³/mol. The molecule has 144 valence electrons. The van der Waals surface area contributed by atoms with E-state index in [-0.39, 0.29) is 5.92 Å². The molecule has 0 aliphatic rings. The molecule has 0 bridgehead atoms. The van der Waals surface area contributed by atoms with Gasteiger partial charge in [0.15, 0.2) is 5.11 Å². The maximum atomic E-state index is 5.52. The zero-order chi connectivity index (χ0) is 19.8. The fourth-order valence-corrected chi connectivity index (χ4v) is 3.27. The molecule has 0 spiro atoms. The van der Waals surface area contributed by atoms with E-state index in [1.54, 1.807) is 14.2 Å². The van der Waals surface area contributed by atoms with Gasteiger partial charge in [-0.15, -0.1) is 0 Å². The Kier molecular flexibility index (Phi) is 6.87. The summed E-state index contributed by atoms with van der Waals surface area (Å²) in [6, 6.07) is 26.4. The maximum Gasteiger partial charge on any atom is 0.170 e. The number of methoxy groups -OCH3 is 2. The summed E-state index contributed by atoms with van der Waals surface area (Å²) in [6.07, 6.45) is 0. The van der Waals surface area contributed by atoms with Crippen molar-refractivity contribution in [1.82, 2.24) is 5.32 Å². The van der Waals surface area contributed by atoms with Crippen molar-refractivity contribution in [2.45, 2.75) is 5.92 Å². The summed E-state index contributed by atoms with van der Waals surface area (Å²) in [5, 5.41) is 7.08. The standard InChI is InChI=1S/C23H24N2O2S/c1-26-19-13-14-22(27-2)21(15-19)25-23(28)24-16-20(17-9-5-3-6-10-17)18-11-7-4-8-12-18/h3-15,20H,16H2,1-2H3,(H2,24,25,28). The second kappa shape index (κ2) is 9.76. The van der Waals surface area contributed by atoms with E-state index in [1.165, 1.54) is 11.1 Å². The molecule has 0 amide bonds. The highest BCUT2D eigenvalue weighted by atomic mass is 32.1. The van der Waals surface area contributed by atoms with E-state index < -0.39 is 0 Å². The van der Waals surface area contributed by atoms with Crippen LogP contribution in [0.5, 0.6) is 11.5 Å². The lowest BCUT2D eigenvalue weighted by atomic mass is 9.91. The molecular weight excluding hydrogens is 368 g/mol. The van der Waals surface area contributed by atoms with Crippen LogP contribution in [0.3, 0.4) is 0 Å². The van der Waals surface area contributed by atoms with Gasteiger partial charge in [0.2, 0.25) is 0 Å². The molecule has 0 atom stereocenters. The Morgan fingerprint density at radius 3 is 2.00 bits per heavy atom. The Bertz CT molecular complexity index is 861. The van der Waals surface area contributed by atoms with E-state index in [2.05, 4.69) is 59.2 Å². The van der Waals surface area contributed by atoms with Gasteiger partial charge in [0, 0.05) is 18.5 Å². The molecule has 3 aromatic carbocycles. The van der Waals surface area contributed by atoms with Gasteiger partial charge in [-0.2, -0.15) is 0 Å². The molecule has 28 heavy (non-hydrogen) atoms. The number of ether oxygens (including phenoxy) is 2. The molecule has 2 N–H and O–H groups in total. The van der Waals surface area contributed by atoms with Crippen LogP contribution in [-0.2, 0) is 0 Å². The van der Waals surface area contributed by atoms with Gasteiger partial charge in [0.05, 0.1) is 19.9 Å². The van der Waals surface area contributed by atoms with E-state index in [9.17, 15) is 0 Å². The number of hydrogen-bond acceptors (Lipinski definition) is 3. The molecule has 0 heterocycles. The number of rotatable bonds is 7. The summed E-state index contributed by atoms with van der Waals surface area (Å²) in [5.41, 5.74) is 3.24. The van der Waals surface area contributed by atoms with Crippen molar-refractivity contribution in [3.8, 4) is 11.5 Å². The summed E-state index contributed by atoms with van der Waals surface area (Å²) in [6.45, 7) is 0.673. The predicted octanol–water partition coefficient (Wildman–Crippen LogP) is 4.82. The van der Waals surface area contributed by atoms with Gasteiger partial charge < -0.3 is 20.1 Å². The first kappa shape index (κ1) is 19.7. The van der Waals surface area contributed by atoms with Crippen molar-refractivity contribution in [3.63, 3.8) is 0 Å². The SMILES string of the molecule is COc1ccc(OC)c(NC(=S)NCC(c2ccccc2)c2ccccc2)c1. The molecule has 3 aromatic rings. The van der Waals surface area contributed by atoms with E-state index in [0.29, 0.717) is 17.4 Å². The number of hydrogen-bond donors (Lipinski definition) is 2. The van der Waals surface area contributed by atoms with Gasteiger partial charge in [0.1, 0.15) is 11.5 Å². The molecule has 0 saturated heterocycles. The first-order valence-electron chi connectivity index (χ1n) is 9.08. The molecule has 0 saturated carbocycles. The Labute approximate surface area is 171 Å². The second-order valence-corrected chi connectivity index (χ2v) is 6.68. The van der Waals surface area contributed by atoms with Crippen molar-refractivity contribution in [1.29, 1.82) is 0 Å². The molecular formula is C23H24N2O2S. The van der Waals surface area contributed by atoms with Crippen molar-refractivity contribution in [3.05, 3.63) is 90.0 Å². The zero-order valence-corrected chi connectivity index (χ0v) is 16.8. The average molecular weight is 393 g/mol. The van der Waals surface area contributed by atoms with Crippen LogP contribution in [0.2, 0.25) is 0 Å². The van der Waals surface area contributed by atoms with Crippen LogP contribution in [0, 0.1) is 0 Å². The third-order valence-corrected chi connectivity index (χ3v) is 4.77. The topological polar surface area (TPSA) is 42.5 Å². The van der Waals surface area contributed by atoms with Gasteiger partial charge in [-0.25, -0.2) is 0 Å². The van der Waals surface area contributed by atoms with E-state index >= 15 is 0 Å². The molecule has 3 rings (SSSR count). The second-order valence-electron chi connectivity index (χ2n) is 6.28. The minimum atomic E-state index is 0.189. The maximum absolute atomic E-state index is 5.52. The van der Waals surface area contributed by atoms with E-state index in [4.69, 9.17) is 21.7 Å². The van der Waals surface area contributed by atoms with Gasteiger partial charge in [-0.05, 0) is 35.5 Å². The third kappa shape index (κ3) is 5.02. The monoisotopic (exact) mass is 392 g/mol. The van der Waals surface area contributed by atoms with E-state index in [0.717, 1.165) is 11.4 Å². The lowest BCUT2D eigenvalue weighted by Gasteiger charge is -2.21. The molecule has 0 radical (unpaired) electrons. The number of thiocarbonyl (C=S) groups is 1. The fourth-order valence-electron chi connectivity index (χ4n) is 3.07. The Morgan fingerprint density at radius 2 is 1.46 bits per heavy atom.